The van der Waals surface area contributed by atoms with Crippen molar-refractivity contribution in [3.8, 4) is 0 Å². The SMILES string of the molecule is Cc1ccc(C(=O)OC(C)(C)C)c(C(=O)C2CCNCC2)c1. The average molecular weight is 303 g/mol. The van der Waals surface area contributed by atoms with E-state index in [4.69, 9.17) is 4.74 Å². The Morgan fingerprint density at radius 1 is 1.14 bits per heavy atom. The first-order valence-electron chi connectivity index (χ1n) is 7.87. The molecule has 2 rings (SSSR count). The van der Waals surface area contributed by atoms with Crippen molar-refractivity contribution in [2.75, 3.05) is 13.1 Å². The van der Waals surface area contributed by atoms with E-state index >= 15 is 0 Å². The van der Waals surface area contributed by atoms with Gasteiger partial charge in [-0.2, -0.15) is 0 Å². The number of ether oxygens (including phenoxy) is 1. The Bertz CT molecular complexity index is 566. The summed E-state index contributed by atoms with van der Waals surface area (Å²) in [5.41, 5.74) is 1.28. The predicted octanol–water partition coefficient (Wildman–Crippen LogP) is 3.13. The number of Topliss-reactive ketones (excluding diaryl/α,β-unsaturated/α-hetero) is 1. The van der Waals surface area contributed by atoms with E-state index in [0.29, 0.717) is 11.1 Å². The fourth-order valence-corrected chi connectivity index (χ4v) is 2.68. The van der Waals surface area contributed by atoms with Gasteiger partial charge in [-0.3, -0.25) is 4.79 Å². The van der Waals surface area contributed by atoms with Crippen LogP contribution >= 0.6 is 0 Å². The van der Waals surface area contributed by atoms with E-state index in [-0.39, 0.29) is 11.7 Å². The van der Waals surface area contributed by atoms with Crippen LogP contribution in [0.3, 0.4) is 0 Å². The van der Waals surface area contributed by atoms with Crippen molar-refractivity contribution in [2.45, 2.75) is 46.1 Å². The van der Waals surface area contributed by atoms with Crippen LogP contribution in [0.5, 0.6) is 0 Å². The molecule has 1 saturated heterocycles. The number of hydrogen-bond donors (Lipinski definition) is 1. The van der Waals surface area contributed by atoms with Crippen LogP contribution in [0, 0.1) is 12.8 Å². The molecule has 1 aromatic carbocycles. The Hall–Kier alpha value is -1.68. The van der Waals surface area contributed by atoms with Crippen LogP contribution in [0.4, 0.5) is 0 Å². The second-order valence-electron chi connectivity index (χ2n) is 6.94. The second kappa shape index (κ2) is 6.61. The number of hydrogen-bond acceptors (Lipinski definition) is 4. The fraction of sp³-hybridized carbons (Fsp3) is 0.556. The Kier molecular flexibility index (Phi) is 5.01. The minimum Gasteiger partial charge on any atom is -0.456 e. The quantitative estimate of drug-likeness (QED) is 0.688. The zero-order chi connectivity index (χ0) is 16.3. The number of carbonyl (C=O) groups is 2. The van der Waals surface area contributed by atoms with Crippen molar-refractivity contribution < 1.29 is 14.3 Å². The van der Waals surface area contributed by atoms with Gasteiger partial charge >= 0.3 is 5.97 Å². The Balaban J connectivity index is 2.31. The van der Waals surface area contributed by atoms with Crippen LogP contribution in [0.25, 0.3) is 0 Å². The molecule has 4 nitrogen and oxygen atoms in total. The number of piperidine rings is 1. The molecular formula is C18H25NO3. The molecule has 0 spiro atoms. The van der Waals surface area contributed by atoms with Gasteiger partial charge < -0.3 is 10.1 Å². The van der Waals surface area contributed by atoms with E-state index in [2.05, 4.69) is 5.32 Å². The first-order chi connectivity index (χ1) is 10.3. The molecule has 0 radical (unpaired) electrons. The number of aryl methyl sites for hydroxylation is 1. The molecular weight excluding hydrogens is 278 g/mol. The van der Waals surface area contributed by atoms with E-state index < -0.39 is 11.6 Å². The van der Waals surface area contributed by atoms with Crippen LogP contribution in [0.1, 0.15) is 59.9 Å². The molecule has 0 unspecified atom stereocenters. The lowest BCUT2D eigenvalue weighted by Gasteiger charge is -2.24. The Morgan fingerprint density at radius 3 is 2.36 bits per heavy atom. The van der Waals surface area contributed by atoms with Gasteiger partial charge in [0.25, 0.3) is 0 Å². The van der Waals surface area contributed by atoms with Crippen molar-refractivity contribution in [1.29, 1.82) is 0 Å². The van der Waals surface area contributed by atoms with Crippen molar-refractivity contribution in [2.24, 2.45) is 5.92 Å². The number of rotatable bonds is 3. The topological polar surface area (TPSA) is 55.4 Å². The summed E-state index contributed by atoms with van der Waals surface area (Å²) in [6.45, 7) is 9.11. The number of benzene rings is 1. The summed E-state index contributed by atoms with van der Waals surface area (Å²) in [5.74, 6) is -0.375. The first-order valence-corrected chi connectivity index (χ1v) is 7.87. The average Bonchev–Trinajstić information content (AvgIpc) is 2.45. The Morgan fingerprint density at radius 2 is 1.77 bits per heavy atom. The van der Waals surface area contributed by atoms with E-state index in [0.717, 1.165) is 31.5 Å². The molecule has 1 aliphatic rings. The van der Waals surface area contributed by atoms with E-state index in [1.165, 1.54) is 0 Å². The van der Waals surface area contributed by atoms with Crippen molar-refractivity contribution in [3.63, 3.8) is 0 Å². The van der Waals surface area contributed by atoms with Gasteiger partial charge in [0.05, 0.1) is 5.56 Å². The molecule has 1 fully saturated rings. The Labute approximate surface area is 132 Å². The maximum Gasteiger partial charge on any atom is 0.339 e. The molecule has 0 bridgehead atoms. The van der Waals surface area contributed by atoms with Gasteiger partial charge in [-0.1, -0.05) is 11.6 Å². The summed E-state index contributed by atoms with van der Waals surface area (Å²) in [7, 11) is 0. The third-order valence-corrected chi connectivity index (χ3v) is 3.77. The molecule has 120 valence electrons. The van der Waals surface area contributed by atoms with Gasteiger partial charge in [0.1, 0.15) is 5.60 Å². The summed E-state index contributed by atoms with van der Waals surface area (Å²) in [4.78, 5) is 25.2. The zero-order valence-corrected chi connectivity index (χ0v) is 13.9. The molecule has 1 aromatic rings. The molecule has 1 N–H and O–H groups in total. The summed E-state index contributed by atoms with van der Waals surface area (Å²) in [6.07, 6.45) is 1.64. The maximum absolute atomic E-state index is 12.8. The van der Waals surface area contributed by atoms with Crippen molar-refractivity contribution >= 4 is 11.8 Å². The number of carbonyl (C=O) groups excluding carboxylic acids is 2. The molecule has 0 saturated carbocycles. The first kappa shape index (κ1) is 16.7. The molecule has 22 heavy (non-hydrogen) atoms. The molecule has 0 amide bonds. The maximum atomic E-state index is 12.8. The van der Waals surface area contributed by atoms with Gasteiger partial charge in [-0.25, -0.2) is 4.79 Å². The molecule has 0 aliphatic carbocycles. The van der Waals surface area contributed by atoms with E-state index in [1.54, 1.807) is 6.07 Å². The van der Waals surface area contributed by atoms with Gasteiger partial charge in [0, 0.05) is 11.5 Å². The summed E-state index contributed by atoms with van der Waals surface area (Å²) >= 11 is 0. The van der Waals surface area contributed by atoms with Crippen molar-refractivity contribution in [3.05, 3.63) is 34.9 Å². The summed E-state index contributed by atoms with van der Waals surface area (Å²) in [6, 6.07) is 5.36. The highest BCUT2D eigenvalue weighted by molar-refractivity contribution is 6.07. The lowest BCUT2D eigenvalue weighted by Crippen LogP contribution is -2.33. The fourth-order valence-electron chi connectivity index (χ4n) is 2.68. The lowest BCUT2D eigenvalue weighted by molar-refractivity contribution is 0.00674. The molecule has 4 heteroatoms. The largest absolute Gasteiger partial charge is 0.456 e. The molecule has 0 atom stereocenters. The number of ketones is 1. The standard InChI is InChI=1S/C18H25NO3/c1-12-5-6-14(17(21)22-18(2,3)4)15(11-12)16(20)13-7-9-19-10-8-13/h5-6,11,13,19H,7-10H2,1-4H3. The van der Waals surface area contributed by atoms with Crippen LogP contribution in [0.15, 0.2) is 18.2 Å². The molecule has 1 aliphatic heterocycles. The van der Waals surface area contributed by atoms with Gasteiger partial charge in [0.15, 0.2) is 5.78 Å². The van der Waals surface area contributed by atoms with Crippen LogP contribution in [-0.4, -0.2) is 30.4 Å². The smallest absolute Gasteiger partial charge is 0.339 e. The van der Waals surface area contributed by atoms with Crippen molar-refractivity contribution in [1.82, 2.24) is 5.32 Å². The molecule has 0 aromatic heterocycles. The lowest BCUT2D eigenvalue weighted by atomic mass is 9.87. The highest BCUT2D eigenvalue weighted by Crippen LogP contribution is 2.23. The summed E-state index contributed by atoms with van der Waals surface area (Å²) < 4.78 is 5.44. The van der Waals surface area contributed by atoms with Gasteiger partial charge in [-0.05, 0) is 65.8 Å². The third kappa shape index (κ3) is 4.17. The highest BCUT2D eigenvalue weighted by atomic mass is 16.6. The van der Waals surface area contributed by atoms with Crippen LogP contribution < -0.4 is 5.32 Å². The van der Waals surface area contributed by atoms with Gasteiger partial charge in [0.2, 0.25) is 0 Å². The van der Waals surface area contributed by atoms with Crippen LogP contribution in [-0.2, 0) is 4.74 Å². The number of nitrogens with one attached hydrogen (secondary N) is 1. The van der Waals surface area contributed by atoms with Crippen LogP contribution in [0.2, 0.25) is 0 Å². The second-order valence-corrected chi connectivity index (χ2v) is 6.94. The molecule has 1 heterocycles. The predicted molar refractivity (Wildman–Crippen MR) is 86.3 cm³/mol. The summed E-state index contributed by atoms with van der Waals surface area (Å²) in [5, 5.41) is 3.26. The van der Waals surface area contributed by atoms with E-state index in [1.807, 2.05) is 39.8 Å². The zero-order valence-electron chi connectivity index (χ0n) is 13.9. The third-order valence-electron chi connectivity index (χ3n) is 3.77. The highest BCUT2D eigenvalue weighted by Gasteiger charge is 2.28. The monoisotopic (exact) mass is 303 g/mol. The number of esters is 1. The normalized spacial score (nSPS) is 16.4. The minimum atomic E-state index is -0.572. The van der Waals surface area contributed by atoms with E-state index in [9.17, 15) is 9.59 Å². The van der Waals surface area contributed by atoms with Gasteiger partial charge in [-0.15, -0.1) is 0 Å². The minimum absolute atomic E-state index is 0.00997.